The van der Waals surface area contributed by atoms with Crippen molar-refractivity contribution in [1.29, 1.82) is 0 Å². The fourth-order valence-electron chi connectivity index (χ4n) is 2.54. The Morgan fingerprint density at radius 3 is 2.65 bits per heavy atom. The fourth-order valence-corrected chi connectivity index (χ4v) is 2.54. The molecular formula is C14H19N3O3. The second kappa shape index (κ2) is 5.58. The Morgan fingerprint density at radius 1 is 1.40 bits per heavy atom. The average molecular weight is 277 g/mol. The zero-order chi connectivity index (χ0) is 14.8. The number of aryl methyl sites for hydroxylation is 1. The molecule has 0 spiro atoms. The Bertz CT molecular complexity index is 536. The molecule has 6 heteroatoms. The van der Waals surface area contributed by atoms with E-state index < -0.39 is 4.92 Å². The van der Waals surface area contributed by atoms with Crippen LogP contribution in [-0.4, -0.2) is 29.5 Å². The zero-order valence-corrected chi connectivity index (χ0v) is 11.7. The summed E-state index contributed by atoms with van der Waals surface area (Å²) < 4.78 is 0. The summed E-state index contributed by atoms with van der Waals surface area (Å²) in [6.07, 6.45) is 1.64. The van der Waals surface area contributed by atoms with Gasteiger partial charge in [0.25, 0.3) is 11.6 Å². The maximum absolute atomic E-state index is 12.4. The second-order valence-electron chi connectivity index (χ2n) is 5.49. The van der Waals surface area contributed by atoms with Crippen molar-refractivity contribution >= 4 is 11.6 Å². The van der Waals surface area contributed by atoms with Crippen molar-refractivity contribution in [3.8, 4) is 0 Å². The standard InChI is InChI=1S/C14H19N3O3/c1-10-4-3-5-11(17(19)20)12(10)13(18)16-14(2)6-8-15-9-7-14/h3-5,15H,6-9H2,1-2H3,(H,16,18). The number of nitrogens with zero attached hydrogens (tertiary/aromatic N) is 1. The summed E-state index contributed by atoms with van der Waals surface area (Å²) in [5.41, 5.74) is 0.338. The molecule has 2 rings (SSSR count). The number of piperidine rings is 1. The van der Waals surface area contributed by atoms with E-state index in [4.69, 9.17) is 0 Å². The molecule has 0 aromatic heterocycles. The molecule has 108 valence electrons. The lowest BCUT2D eigenvalue weighted by Crippen LogP contribution is -2.52. The molecule has 0 radical (unpaired) electrons. The number of hydrogen-bond acceptors (Lipinski definition) is 4. The minimum atomic E-state index is -0.507. The van der Waals surface area contributed by atoms with Crippen LogP contribution in [0.5, 0.6) is 0 Å². The van der Waals surface area contributed by atoms with Gasteiger partial charge in [-0.1, -0.05) is 12.1 Å². The van der Waals surface area contributed by atoms with Gasteiger partial charge in [0.05, 0.1) is 4.92 Å². The van der Waals surface area contributed by atoms with Gasteiger partial charge in [-0.3, -0.25) is 14.9 Å². The van der Waals surface area contributed by atoms with Crippen LogP contribution in [0.3, 0.4) is 0 Å². The van der Waals surface area contributed by atoms with E-state index in [1.54, 1.807) is 19.1 Å². The van der Waals surface area contributed by atoms with Crippen LogP contribution < -0.4 is 10.6 Å². The SMILES string of the molecule is Cc1cccc([N+](=O)[O-])c1C(=O)NC1(C)CCNCC1. The topological polar surface area (TPSA) is 84.3 Å². The molecule has 0 unspecified atom stereocenters. The molecular weight excluding hydrogens is 258 g/mol. The van der Waals surface area contributed by atoms with E-state index in [1.165, 1.54) is 6.07 Å². The van der Waals surface area contributed by atoms with Crippen LogP contribution in [-0.2, 0) is 0 Å². The maximum Gasteiger partial charge on any atom is 0.282 e. The second-order valence-corrected chi connectivity index (χ2v) is 5.49. The molecule has 1 saturated heterocycles. The minimum absolute atomic E-state index is 0.139. The van der Waals surface area contributed by atoms with E-state index in [1.807, 2.05) is 6.92 Å². The average Bonchev–Trinajstić information content (AvgIpc) is 2.38. The molecule has 1 fully saturated rings. The Hall–Kier alpha value is -1.95. The van der Waals surface area contributed by atoms with E-state index in [2.05, 4.69) is 10.6 Å². The molecule has 1 amide bonds. The van der Waals surface area contributed by atoms with E-state index in [0.29, 0.717) is 5.56 Å². The molecule has 1 aromatic carbocycles. The molecule has 0 aliphatic carbocycles. The van der Waals surface area contributed by atoms with Gasteiger partial charge in [0.1, 0.15) is 5.56 Å². The van der Waals surface area contributed by atoms with Gasteiger partial charge >= 0.3 is 0 Å². The lowest BCUT2D eigenvalue weighted by atomic mass is 9.90. The van der Waals surface area contributed by atoms with Gasteiger partial charge in [0.2, 0.25) is 0 Å². The lowest BCUT2D eigenvalue weighted by molar-refractivity contribution is -0.385. The third kappa shape index (κ3) is 2.96. The van der Waals surface area contributed by atoms with Crippen molar-refractivity contribution < 1.29 is 9.72 Å². The monoisotopic (exact) mass is 277 g/mol. The quantitative estimate of drug-likeness (QED) is 0.651. The number of amides is 1. The number of rotatable bonds is 3. The molecule has 20 heavy (non-hydrogen) atoms. The van der Waals surface area contributed by atoms with Crippen molar-refractivity contribution in [3.63, 3.8) is 0 Å². The Labute approximate surface area is 117 Å². The van der Waals surface area contributed by atoms with Gasteiger partial charge in [-0.15, -0.1) is 0 Å². The van der Waals surface area contributed by atoms with Crippen LogP contribution in [0, 0.1) is 17.0 Å². The predicted octanol–water partition coefficient (Wildman–Crippen LogP) is 1.78. The summed E-state index contributed by atoms with van der Waals surface area (Å²) in [4.78, 5) is 23.0. The summed E-state index contributed by atoms with van der Waals surface area (Å²) in [7, 11) is 0. The summed E-state index contributed by atoms with van der Waals surface area (Å²) in [5.74, 6) is -0.362. The molecule has 1 heterocycles. The van der Waals surface area contributed by atoms with Crippen LogP contribution in [0.1, 0.15) is 35.7 Å². The molecule has 0 bridgehead atoms. The molecule has 1 aliphatic rings. The molecule has 6 nitrogen and oxygen atoms in total. The van der Waals surface area contributed by atoms with E-state index >= 15 is 0 Å². The number of carbonyl (C=O) groups excluding carboxylic acids is 1. The maximum atomic E-state index is 12.4. The van der Waals surface area contributed by atoms with Crippen LogP contribution in [0.2, 0.25) is 0 Å². The summed E-state index contributed by atoms with van der Waals surface area (Å²) >= 11 is 0. The Kier molecular flexibility index (Phi) is 4.04. The number of nitro groups is 1. The van der Waals surface area contributed by atoms with E-state index in [9.17, 15) is 14.9 Å². The number of benzene rings is 1. The first-order valence-corrected chi connectivity index (χ1v) is 6.70. The number of nitro benzene ring substituents is 1. The molecule has 1 aliphatic heterocycles. The highest BCUT2D eigenvalue weighted by atomic mass is 16.6. The summed E-state index contributed by atoms with van der Waals surface area (Å²) in [5, 5.41) is 17.3. The number of carbonyl (C=O) groups is 1. The van der Waals surface area contributed by atoms with Crippen molar-refractivity contribution in [2.24, 2.45) is 0 Å². The summed E-state index contributed by atoms with van der Waals surface area (Å²) in [6.45, 7) is 5.38. The van der Waals surface area contributed by atoms with E-state index in [0.717, 1.165) is 25.9 Å². The van der Waals surface area contributed by atoms with Crippen molar-refractivity contribution in [1.82, 2.24) is 10.6 Å². The first-order chi connectivity index (χ1) is 9.43. The van der Waals surface area contributed by atoms with Crippen LogP contribution in [0.15, 0.2) is 18.2 Å². The number of hydrogen-bond donors (Lipinski definition) is 2. The van der Waals surface area contributed by atoms with Crippen molar-refractivity contribution in [2.75, 3.05) is 13.1 Å². The molecule has 1 aromatic rings. The first kappa shape index (κ1) is 14.5. The molecule has 0 atom stereocenters. The summed E-state index contributed by atoms with van der Waals surface area (Å²) in [6, 6.07) is 4.68. The highest BCUT2D eigenvalue weighted by Gasteiger charge is 2.31. The fraction of sp³-hybridized carbons (Fsp3) is 0.500. The molecule has 2 N–H and O–H groups in total. The van der Waals surface area contributed by atoms with E-state index in [-0.39, 0.29) is 22.7 Å². The largest absolute Gasteiger partial charge is 0.347 e. The third-order valence-electron chi connectivity index (χ3n) is 3.80. The number of nitrogens with one attached hydrogen (secondary N) is 2. The van der Waals surface area contributed by atoms with Gasteiger partial charge in [-0.25, -0.2) is 0 Å². The smallest absolute Gasteiger partial charge is 0.282 e. The van der Waals surface area contributed by atoms with Gasteiger partial charge in [0, 0.05) is 11.6 Å². The van der Waals surface area contributed by atoms with Gasteiger partial charge < -0.3 is 10.6 Å². The lowest BCUT2D eigenvalue weighted by Gasteiger charge is -2.35. The zero-order valence-electron chi connectivity index (χ0n) is 11.7. The predicted molar refractivity (Wildman–Crippen MR) is 75.8 cm³/mol. The van der Waals surface area contributed by atoms with Crippen LogP contribution in [0.25, 0.3) is 0 Å². The van der Waals surface area contributed by atoms with Gasteiger partial charge in [-0.2, -0.15) is 0 Å². The Morgan fingerprint density at radius 2 is 2.05 bits per heavy atom. The van der Waals surface area contributed by atoms with Crippen LogP contribution in [0.4, 0.5) is 5.69 Å². The van der Waals surface area contributed by atoms with Gasteiger partial charge in [0.15, 0.2) is 0 Å². The van der Waals surface area contributed by atoms with Crippen LogP contribution >= 0.6 is 0 Å². The first-order valence-electron chi connectivity index (χ1n) is 6.70. The Balaban J connectivity index is 2.27. The highest BCUT2D eigenvalue weighted by Crippen LogP contribution is 2.24. The van der Waals surface area contributed by atoms with Crippen molar-refractivity contribution in [3.05, 3.63) is 39.4 Å². The highest BCUT2D eigenvalue weighted by molar-refractivity contribution is 6.00. The normalized spacial score (nSPS) is 17.5. The van der Waals surface area contributed by atoms with Gasteiger partial charge in [-0.05, 0) is 45.3 Å². The molecule has 0 saturated carbocycles. The minimum Gasteiger partial charge on any atom is -0.347 e. The third-order valence-corrected chi connectivity index (χ3v) is 3.80. The van der Waals surface area contributed by atoms with Crippen molar-refractivity contribution in [2.45, 2.75) is 32.2 Å².